The summed E-state index contributed by atoms with van der Waals surface area (Å²) in [4.78, 5) is 10.7. The van der Waals surface area contributed by atoms with Crippen molar-refractivity contribution < 1.29 is 9.53 Å². The van der Waals surface area contributed by atoms with Gasteiger partial charge in [0.1, 0.15) is 6.04 Å². The molecule has 0 aromatic heterocycles. The minimum absolute atomic E-state index is 0.0346. The average molecular weight is 129 g/mol. The van der Waals surface area contributed by atoms with E-state index in [1.165, 1.54) is 7.11 Å². The summed E-state index contributed by atoms with van der Waals surface area (Å²) in [6.45, 7) is 3.93. The average Bonchev–Trinajstić information content (AvgIpc) is 2.38. The number of rotatable bonds is 1. The molecule has 1 rings (SSSR count). The molecule has 0 aliphatic carbocycles. The van der Waals surface area contributed by atoms with Crippen molar-refractivity contribution in [1.82, 2.24) is 5.32 Å². The molecule has 9 heavy (non-hydrogen) atoms. The lowest BCUT2D eigenvalue weighted by molar-refractivity contribution is -0.140. The first kappa shape index (κ1) is 6.55. The predicted molar refractivity (Wildman–Crippen MR) is 33.0 cm³/mol. The molecular weight excluding hydrogens is 118 g/mol. The Bertz CT molecular complexity index is 142. The van der Waals surface area contributed by atoms with E-state index in [2.05, 4.69) is 10.1 Å². The fourth-order valence-electron chi connectivity index (χ4n) is 0.802. The highest BCUT2D eigenvalue weighted by molar-refractivity contribution is 5.81. The summed E-state index contributed by atoms with van der Waals surface area (Å²) in [6.07, 6.45) is 0. The molecule has 0 unspecified atom stereocenters. The molecule has 0 radical (unpaired) electrons. The van der Waals surface area contributed by atoms with E-state index in [1.807, 2.05) is 13.8 Å². The number of nitrogens with one attached hydrogen (secondary N) is 1. The summed E-state index contributed by atoms with van der Waals surface area (Å²) in [5.41, 5.74) is -0.0346. The van der Waals surface area contributed by atoms with Crippen LogP contribution in [-0.2, 0) is 9.53 Å². The maximum atomic E-state index is 10.7. The van der Waals surface area contributed by atoms with Gasteiger partial charge in [-0.2, -0.15) is 0 Å². The number of carbonyl (C=O) groups excluding carboxylic acids is 1. The van der Waals surface area contributed by atoms with Gasteiger partial charge >= 0.3 is 5.97 Å². The van der Waals surface area contributed by atoms with Crippen molar-refractivity contribution in [3.8, 4) is 0 Å². The van der Waals surface area contributed by atoms with Crippen LogP contribution in [0.25, 0.3) is 0 Å². The molecule has 1 heterocycles. The maximum Gasteiger partial charge on any atom is 0.324 e. The summed E-state index contributed by atoms with van der Waals surface area (Å²) in [5, 5.41) is 2.98. The lowest BCUT2D eigenvalue weighted by Gasteiger charge is -1.95. The first-order valence-electron chi connectivity index (χ1n) is 2.93. The Kier molecular flexibility index (Phi) is 1.24. The third kappa shape index (κ3) is 1.05. The zero-order chi connectivity index (χ0) is 7.07. The zero-order valence-electron chi connectivity index (χ0n) is 5.89. The van der Waals surface area contributed by atoms with Crippen LogP contribution in [0.2, 0.25) is 0 Å². The topological polar surface area (TPSA) is 48.2 Å². The Labute approximate surface area is 54.4 Å². The van der Waals surface area contributed by atoms with E-state index in [0.29, 0.717) is 0 Å². The van der Waals surface area contributed by atoms with Crippen LogP contribution in [0, 0.1) is 0 Å². The van der Waals surface area contributed by atoms with E-state index in [0.717, 1.165) is 0 Å². The van der Waals surface area contributed by atoms with Crippen molar-refractivity contribution in [2.45, 2.75) is 25.4 Å². The molecule has 0 aromatic rings. The van der Waals surface area contributed by atoms with Gasteiger partial charge in [0, 0.05) is 5.54 Å². The van der Waals surface area contributed by atoms with Crippen LogP contribution >= 0.6 is 0 Å². The summed E-state index contributed by atoms with van der Waals surface area (Å²) in [6, 6.07) is -0.0810. The van der Waals surface area contributed by atoms with Crippen LogP contribution in [0.5, 0.6) is 0 Å². The number of carbonyl (C=O) groups is 1. The molecule has 1 saturated heterocycles. The third-order valence-corrected chi connectivity index (χ3v) is 1.59. The maximum absolute atomic E-state index is 10.7. The van der Waals surface area contributed by atoms with Crippen molar-refractivity contribution in [1.29, 1.82) is 0 Å². The van der Waals surface area contributed by atoms with Crippen LogP contribution in [0.1, 0.15) is 13.8 Å². The highest BCUT2D eigenvalue weighted by Gasteiger charge is 2.50. The standard InChI is InChI=1S/C6H11NO2/c1-6(2)4(7-6)5(8)9-3/h4,7H,1-3H3/t4-/m1/s1. The Morgan fingerprint density at radius 3 is 2.22 bits per heavy atom. The molecule has 0 bridgehead atoms. The second-order valence-corrected chi connectivity index (χ2v) is 2.82. The Morgan fingerprint density at radius 1 is 1.67 bits per heavy atom. The molecule has 0 saturated carbocycles. The number of hydrogen-bond acceptors (Lipinski definition) is 3. The Morgan fingerprint density at radius 2 is 2.11 bits per heavy atom. The quantitative estimate of drug-likeness (QED) is 0.397. The van der Waals surface area contributed by atoms with E-state index in [9.17, 15) is 4.79 Å². The van der Waals surface area contributed by atoms with Gasteiger partial charge in [0.2, 0.25) is 0 Å². The van der Waals surface area contributed by atoms with Gasteiger partial charge in [-0.05, 0) is 13.8 Å². The first-order valence-corrected chi connectivity index (χ1v) is 2.93. The third-order valence-electron chi connectivity index (χ3n) is 1.59. The van der Waals surface area contributed by atoms with Gasteiger partial charge in [0.15, 0.2) is 0 Å². The van der Waals surface area contributed by atoms with Gasteiger partial charge in [-0.1, -0.05) is 0 Å². The fraction of sp³-hybridized carbons (Fsp3) is 0.833. The molecular formula is C6H11NO2. The fourth-order valence-corrected chi connectivity index (χ4v) is 0.802. The van der Waals surface area contributed by atoms with Crippen LogP contribution in [0.4, 0.5) is 0 Å². The number of methoxy groups -OCH3 is 1. The molecule has 3 nitrogen and oxygen atoms in total. The highest BCUT2D eigenvalue weighted by Crippen LogP contribution is 2.25. The SMILES string of the molecule is COC(=O)[C@H]1NC1(C)C. The van der Waals surface area contributed by atoms with E-state index in [1.54, 1.807) is 0 Å². The van der Waals surface area contributed by atoms with Crippen LogP contribution in [0.3, 0.4) is 0 Å². The van der Waals surface area contributed by atoms with Crippen molar-refractivity contribution in [3.05, 3.63) is 0 Å². The van der Waals surface area contributed by atoms with Crippen molar-refractivity contribution in [2.24, 2.45) is 0 Å². The highest BCUT2D eigenvalue weighted by atomic mass is 16.5. The van der Waals surface area contributed by atoms with Gasteiger partial charge in [-0.3, -0.25) is 10.1 Å². The van der Waals surface area contributed by atoms with E-state index >= 15 is 0 Å². The van der Waals surface area contributed by atoms with E-state index in [4.69, 9.17) is 0 Å². The monoisotopic (exact) mass is 129 g/mol. The lowest BCUT2D eigenvalue weighted by atomic mass is 10.1. The summed E-state index contributed by atoms with van der Waals surface area (Å²) < 4.78 is 4.51. The summed E-state index contributed by atoms with van der Waals surface area (Å²) in [5.74, 6) is -0.167. The van der Waals surface area contributed by atoms with Gasteiger partial charge < -0.3 is 4.74 Å². The molecule has 1 aliphatic heterocycles. The van der Waals surface area contributed by atoms with Crippen molar-refractivity contribution in [2.75, 3.05) is 7.11 Å². The largest absolute Gasteiger partial charge is 0.468 e. The van der Waals surface area contributed by atoms with Crippen molar-refractivity contribution in [3.63, 3.8) is 0 Å². The predicted octanol–water partition coefficient (Wildman–Crippen LogP) is -0.0902. The van der Waals surface area contributed by atoms with Crippen molar-refractivity contribution >= 4 is 5.97 Å². The van der Waals surface area contributed by atoms with Gasteiger partial charge in [-0.25, -0.2) is 0 Å². The zero-order valence-corrected chi connectivity index (χ0v) is 5.89. The minimum atomic E-state index is -0.167. The second kappa shape index (κ2) is 1.70. The van der Waals surface area contributed by atoms with E-state index < -0.39 is 0 Å². The second-order valence-electron chi connectivity index (χ2n) is 2.82. The summed E-state index contributed by atoms with van der Waals surface area (Å²) >= 11 is 0. The molecule has 52 valence electrons. The van der Waals surface area contributed by atoms with Gasteiger partial charge in [-0.15, -0.1) is 0 Å². The molecule has 0 spiro atoms. The Hall–Kier alpha value is -0.570. The first-order chi connectivity index (χ1) is 4.08. The Balaban J connectivity index is 2.42. The number of esters is 1. The minimum Gasteiger partial charge on any atom is -0.468 e. The molecule has 1 N–H and O–H groups in total. The number of ether oxygens (including phenoxy) is 1. The normalized spacial score (nSPS) is 29.4. The summed E-state index contributed by atoms with van der Waals surface area (Å²) in [7, 11) is 1.40. The molecule has 3 heteroatoms. The van der Waals surface area contributed by atoms with Crippen LogP contribution in [0.15, 0.2) is 0 Å². The van der Waals surface area contributed by atoms with E-state index in [-0.39, 0.29) is 17.6 Å². The molecule has 1 aliphatic rings. The molecule has 1 atom stereocenters. The molecule has 1 fully saturated rings. The van der Waals surface area contributed by atoms with Gasteiger partial charge in [0.25, 0.3) is 0 Å². The molecule has 0 aromatic carbocycles. The van der Waals surface area contributed by atoms with Crippen LogP contribution in [-0.4, -0.2) is 24.7 Å². The molecule has 0 amide bonds. The smallest absolute Gasteiger partial charge is 0.324 e. The van der Waals surface area contributed by atoms with Crippen LogP contribution < -0.4 is 5.32 Å². The lowest BCUT2D eigenvalue weighted by Crippen LogP contribution is -2.15. The van der Waals surface area contributed by atoms with Gasteiger partial charge in [0.05, 0.1) is 7.11 Å². The number of hydrogen-bond donors (Lipinski definition) is 1.